The highest BCUT2D eigenvalue weighted by Crippen LogP contribution is 2.29. The molecule has 1 aromatic heterocycles. The minimum atomic E-state index is -3.42. The van der Waals surface area contributed by atoms with Gasteiger partial charge in [-0.05, 0) is 48.2 Å². The molecule has 0 amide bonds. The summed E-state index contributed by atoms with van der Waals surface area (Å²) >= 11 is 4.73. The van der Waals surface area contributed by atoms with Crippen molar-refractivity contribution < 1.29 is 13.2 Å². The van der Waals surface area contributed by atoms with Crippen LogP contribution in [0.25, 0.3) is 0 Å². The Labute approximate surface area is 120 Å². The van der Waals surface area contributed by atoms with Gasteiger partial charge < -0.3 is 4.74 Å². The minimum absolute atomic E-state index is 0.0101. The van der Waals surface area contributed by atoms with Gasteiger partial charge in [0, 0.05) is 18.0 Å². The molecule has 102 valence electrons. The van der Waals surface area contributed by atoms with Crippen LogP contribution in [0.1, 0.15) is 24.1 Å². The third-order valence-electron chi connectivity index (χ3n) is 2.91. The van der Waals surface area contributed by atoms with E-state index in [1.165, 1.54) is 11.3 Å². The number of hydrogen-bond acceptors (Lipinski definition) is 4. The number of halogens is 1. The van der Waals surface area contributed by atoms with Crippen LogP contribution in [0.15, 0.2) is 14.7 Å². The molecule has 1 saturated heterocycles. The number of rotatable bonds is 4. The van der Waals surface area contributed by atoms with Gasteiger partial charge in [-0.1, -0.05) is 0 Å². The maximum atomic E-state index is 12.1. The van der Waals surface area contributed by atoms with E-state index in [0.717, 1.165) is 34.5 Å². The van der Waals surface area contributed by atoms with E-state index in [1.54, 1.807) is 13.0 Å². The zero-order valence-electron chi connectivity index (χ0n) is 10.1. The summed E-state index contributed by atoms with van der Waals surface area (Å²) in [4.78, 5) is 1.15. The molecule has 4 nitrogen and oxygen atoms in total. The van der Waals surface area contributed by atoms with E-state index in [4.69, 9.17) is 4.74 Å². The highest BCUT2D eigenvalue weighted by molar-refractivity contribution is 9.11. The van der Waals surface area contributed by atoms with Crippen molar-refractivity contribution in [2.45, 2.75) is 37.2 Å². The van der Waals surface area contributed by atoms with Gasteiger partial charge in [0.1, 0.15) is 0 Å². The fraction of sp³-hybridized carbons (Fsp3) is 0.636. The van der Waals surface area contributed by atoms with E-state index < -0.39 is 10.0 Å². The second-order valence-electron chi connectivity index (χ2n) is 4.31. The predicted octanol–water partition coefficient (Wildman–Crippen LogP) is 2.67. The number of ether oxygens (including phenoxy) is 1. The molecule has 1 unspecified atom stereocenters. The SMILES string of the molecule is Cc1sc(Br)cc1S(=O)(=O)NCC1CCCCO1. The molecule has 0 saturated carbocycles. The van der Waals surface area contributed by atoms with Gasteiger partial charge in [-0.3, -0.25) is 0 Å². The van der Waals surface area contributed by atoms with Crippen LogP contribution in [-0.4, -0.2) is 27.7 Å². The molecular weight excluding hydrogens is 338 g/mol. The Morgan fingerprint density at radius 3 is 2.89 bits per heavy atom. The van der Waals surface area contributed by atoms with Crippen LogP contribution in [0.2, 0.25) is 0 Å². The highest BCUT2D eigenvalue weighted by atomic mass is 79.9. The fourth-order valence-electron chi connectivity index (χ4n) is 1.95. The zero-order chi connectivity index (χ0) is 13.2. The lowest BCUT2D eigenvalue weighted by Gasteiger charge is -2.22. The Morgan fingerprint density at radius 1 is 1.56 bits per heavy atom. The Bertz CT molecular complexity index is 506. The summed E-state index contributed by atoms with van der Waals surface area (Å²) < 4.78 is 33.2. The van der Waals surface area contributed by atoms with E-state index >= 15 is 0 Å². The van der Waals surface area contributed by atoms with Crippen LogP contribution in [-0.2, 0) is 14.8 Å². The summed E-state index contributed by atoms with van der Waals surface area (Å²) in [5.74, 6) is 0. The van der Waals surface area contributed by atoms with Crippen molar-refractivity contribution in [1.29, 1.82) is 0 Å². The molecule has 0 radical (unpaired) electrons. The van der Waals surface area contributed by atoms with Crippen molar-refractivity contribution in [2.75, 3.05) is 13.2 Å². The zero-order valence-corrected chi connectivity index (χ0v) is 13.3. The van der Waals surface area contributed by atoms with E-state index in [2.05, 4.69) is 20.7 Å². The van der Waals surface area contributed by atoms with Gasteiger partial charge in [0.15, 0.2) is 0 Å². The molecule has 0 aromatic carbocycles. The van der Waals surface area contributed by atoms with Gasteiger partial charge in [-0.25, -0.2) is 13.1 Å². The van der Waals surface area contributed by atoms with Crippen LogP contribution in [0.3, 0.4) is 0 Å². The molecule has 2 rings (SSSR count). The molecule has 1 N–H and O–H groups in total. The highest BCUT2D eigenvalue weighted by Gasteiger charge is 2.22. The summed E-state index contributed by atoms with van der Waals surface area (Å²) in [6, 6.07) is 1.64. The molecule has 1 aliphatic rings. The van der Waals surface area contributed by atoms with Gasteiger partial charge in [0.25, 0.3) is 0 Å². The maximum Gasteiger partial charge on any atom is 0.241 e. The first-order valence-corrected chi connectivity index (χ1v) is 8.95. The molecule has 7 heteroatoms. The van der Waals surface area contributed by atoms with Crippen LogP contribution >= 0.6 is 27.3 Å². The number of thiophene rings is 1. The largest absolute Gasteiger partial charge is 0.377 e. The summed E-state index contributed by atoms with van der Waals surface area (Å²) in [6.45, 7) is 2.89. The van der Waals surface area contributed by atoms with E-state index in [0.29, 0.717) is 11.4 Å². The average Bonchev–Trinajstić information content (AvgIpc) is 2.68. The number of aryl methyl sites for hydroxylation is 1. The predicted molar refractivity (Wildman–Crippen MR) is 75.5 cm³/mol. The lowest BCUT2D eigenvalue weighted by atomic mass is 10.1. The lowest BCUT2D eigenvalue weighted by Crippen LogP contribution is -2.35. The van der Waals surface area contributed by atoms with Crippen molar-refractivity contribution in [3.63, 3.8) is 0 Å². The smallest absolute Gasteiger partial charge is 0.241 e. The van der Waals surface area contributed by atoms with Crippen LogP contribution < -0.4 is 4.72 Å². The molecule has 1 atom stereocenters. The summed E-state index contributed by atoms with van der Waals surface area (Å²) in [5, 5.41) is 0. The minimum Gasteiger partial charge on any atom is -0.377 e. The Hall–Kier alpha value is 0.0500. The quantitative estimate of drug-likeness (QED) is 0.905. The van der Waals surface area contributed by atoms with E-state index in [1.807, 2.05) is 0 Å². The van der Waals surface area contributed by atoms with Crippen molar-refractivity contribution in [2.24, 2.45) is 0 Å². The second kappa shape index (κ2) is 6.00. The van der Waals surface area contributed by atoms with E-state index in [9.17, 15) is 8.42 Å². The second-order valence-corrected chi connectivity index (χ2v) is 8.68. The Balaban J connectivity index is 2.01. The summed E-state index contributed by atoms with van der Waals surface area (Å²) in [7, 11) is -3.42. The first-order chi connectivity index (χ1) is 8.49. The van der Waals surface area contributed by atoms with Gasteiger partial charge in [-0.15, -0.1) is 11.3 Å². The number of sulfonamides is 1. The Morgan fingerprint density at radius 2 is 2.33 bits per heavy atom. The topological polar surface area (TPSA) is 55.4 Å². The molecule has 1 aliphatic heterocycles. The molecule has 0 aliphatic carbocycles. The van der Waals surface area contributed by atoms with Crippen molar-refractivity contribution in [1.82, 2.24) is 4.72 Å². The normalized spacial score (nSPS) is 21.1. The summed E-state index contributed by atoms with van der Waals surface area (Å²) in [5.41, 5.74) is 0. The average molecular weight is 354 g/mol. The van der Waals surface area contributed by atoms with E-state index in [-0.39, 0.29) is 6.10 Å². The van der Waals surface area contributed by atoms with Gasteiger partial charge in [-0.2, -0.15) is 0 Å². The molecule has 1 fully saturated rings. The Kier molecular flexibility index (Phi) is 4.82. The van der Waals surface area contributed by atoms with Gasteiger partial charge in [0.2, 0.25) is 10.0 Å². The van der Waals surface area contributed by atoms with Crippen molar-refractivity contribution in [3.8, 4) is 0 Å². The monoisotopic (exact) mass is 353 g/mol. The molecule has 18 heavy (non-hydrogen) atoms. The fourth-order valence-corrected chi connectivity index (χ4v) is 5.42. The third kappa shape index (κ3) is 3.54. The maximum absolute atomic E-state index is 12.1. The first kappa shape index (κ1) is 14.5. The van der Waals surface area contributed by atoms with Crippen molar-refractivity contribution >= 4 is 37.3 Å². The standard InChI is InChI=1S/C11H16BrNO3S2/c1-8-10(6-11(12)17-8)18(14,15)13-7-9-4-2-3-5-16-9/h6,9,13H,2-5,7H2,1H3. The lowest BCUT2D eigenvalue weighted by molar-refractivity contribution is 0.0200. The number of nitrogens with one attached hydrogen (secondary N) is 1. The molecule has 1 aromatic rings. The van der Waals surface area contributed by atoms with Crippen LogP contribution in [0.4, 0.5) is 0 Å². The van der Waals surface area contributed by atoms with Gasteiger partial charge in [0.05, 0.1) is 14.8 Å². The number of hydrogen-bond donors (Lipinski definition) is 1. The summed E-state index contributed by atoms with van der Waals surface area (Å²) in [6.07, 6.45) is 3.11. The van der Waals surface area contributed by atoms with Gasteiger partial charge >= 0.3 is 0 Å². The van der Waals surface area contributed by atoms with Crippen LogP contribution in [0, 0.1) is 6.92 Å². The first-order valence-electron chi connectivity index (χ1n) is 5.86. The van der Waals surface area contributed by atoms with Crippen LogP contribution in [0.5, 0.6) is 0 Å². The molecule has 2 heterocycles. The molecule has 0 bridgehead atoms. The molecular formula is C11H16BrNO3S2. The third-order valence-corrected chi connectivity index (χ3v) is 6.14. The molecule has 0 spiro atoms. The van der Waals surface area contributed by atoms with Crippen molar-refractivity contribution in [3.05, 3.63) is 14.7 Å².